The Morgan fingerprint density at radius 2 is 1.62 bits per heavy atom. The zero-order chi connectivity index (χ0) is 17.7. The van der Waals surface area contributed by atoms with E-state index in [1.165, 1.54) is 0 Å². The van der Waals surface area contributed by atoms with E-state index in [1.807, 2.05) is 12.1 Å². The molecule has 0 aliphatic rings. The molecule has 0 unspecified atom stereocenters. The maximum atomic E-state index is 13.0. The summed E-state index contributed by atoms with van der Waals surface area (Å²) < 4.78 is 30.8. The first kappa shape index (κ1) is 17.6. The first-order valence-electron chi connectivity index (χ1n) is 7.38. The summed E-state index contributed by atoms with van der Waals surface area (Å²) in [6.45, 7) is 3.56. The number of anilines is 1. The second-order valence-corrected chi connectivity index (χ2v) is 5.56. The fourth-order valence-electron chi connectivity index (χ4n) is 2.03. The number of benzene rings is 2. The lowest BCUT2D eigenvalue weighted by Crippen LogP contribution is -2.21. The van der Waals surface area contributed by atoms with Crippen LogP contribution in [0, 0.1) is 11.6 Å². The summed E-state index contributed by atoms with van der Waals surface area (Å²) in [5.74, 6) is -2.92. The Bertz CT molecular complexity index is 722. The second-order valence-electron chi connectivity index (χ2n) is 5.56. The van der Waals surface area contributed by atoms with Crippen molar-refractivity contribution in [3.63, 3.8) is 0 Å². The van der Waals surface area contributed by atoms with E-state index in [-0.39, 0.29) is 5.56 Å². The van der Waals surface area contributed by atoms with Gasteiger partial charge in [0.05, 0.1) is 5.56 Å². The van der Waals surface area contributed by atoms with Crippen LogP contribution in [0.3, 0.4) is 0 Å². The lowest BCUT2D eigenvalue weighted by Gasteiger charge is -2.09. The number of esters is 1. The van der Waals surface area contributed by atoms with E-state index in [9.17, 15) is 18.4 Å². The Morgan fingerprint density at radius 1 is 1.04 bits per heavy atom. The maximum Gasteiger partial charge on any atom is 0.338 e. The Morgan fingerprint density at radius 3 is 2.17 bits per heavy atom. The number of hydrogen-bond acceptors (Lipinski definition) is 3. The van der Waals surface area contributed by atoms with Gasteiger partial charge in [-0.1, -0.05) is 26.0 Å². The molecule has 0 saturated carbocycles. The lowest BCUT2D eigenvalue weighted by atomic mass is 10.0. The Hall–Kier alpha value is -2.76. The lowest BCUT2D eigenvalue weighted by molar-refractivity contribution is -0.119. The van der Waals surface area contributed by atoms with Crippen LogP contribution in [0.5, 0.6) is 0 Å². The van der Waals surface area contributed by atoms with Gasteiger partial charge >= 0.3 is 5.97 Å². The molecule has 0 radical (unpaired) electrons. The average Bonchev–Trinajstić information content (AvgIpc) is 2.52. The van der Waals surface area contributed by atoms with E-state index >= 15 is 0 Å². The molecule has 0 aromatic heterocycles. The predicted octanol–water partition coefficient (Wildman–Crippen LogP) is 3.88. The van der Waals surface area contributed by atoms with Crippen molar-refractivity contribution in [2.24, 2.45) is 0 Å². The first-order chi connectivity index (χ1) is 11.3. The Labute approximate surface area is 138 Å². The molecule has 2 aromatic carbocycles. The minimum atomic E-state index is -0.973. The molecular formula is C18H17F2NO3. The van der Waals surface area contributed by atoms with E-state index in [0.717, 1.165) is 17.7 Å². The SMILES string of the molecule is CC(C)c1ccc(NC(=O)COC(=O)c2cc(F)cc(F)c2)cc1. The molecule has 4 nitrogen and oxygen atoms in total. The smallest absolute Gasteiger partial charge is 0.338 e. The summed E-state index contributed by atoms with van der Waals surface area (Å²) in [5, 5.41) is 2.57. The number of rotatable bonds is 5. The third-order valence-electron chi connectivity index (χ3n) is 3.29. The molecule has 2 rings (SSSR count). The third-order valence-corrected chi connectivity index (χ3v) is 3.29. The van der Waals surface area contributed by atoms with Gasteiger partial charge in [-0.2, -0.15) is 0 Å². The van der Waals surface area contributed by atoms with Crippen LogP contribution < -0.4 is 5.32 Å². The highest BCUT2D eigenvalue weighted by molar-refractivity contribution is 5.95. The van der Waals surface area contributed by atoms with Crippen molar-refractivity contribution in [1.82, 2.24) is 0 Å². The predicted molar refractivity (Wildman–Crippen MR) is 85.8 cm³/mol. The van der Waals surface area contributed by atoms with Crippen LogP contribution in [0.15, 0.2) is 42.5 Å². The zero-order valence-electron chi connectivity index (χ0n) is 13.3. The van der Waals surface area contributed by atoms with Gasteiger partial charge in [0.15, 0.2) is 6.61 Å². The standard InChI is InChI=1S/C18H17F2NO3/c1-11(2)12-3-5-16(6-4-12)21-17(22)10-24-18(23)13-7-14(19)9-15(20)8-13/h3-9,11H,10H2,1-2H3,(H,21,22). The zero-order valence-corrected chi connectivity index (χ0v) is 13.3. The molecule has 0 heterocycles. The maximum absolute atomic E-state index is 13.0. The molecule has 0 spiro atoms. The summed E-state index contributed by atoms with van der Waals surface area (Å²) in [7, 11) is 0. The van der Waals surface area contributed by atoms with Gasteiger partial charge < -0.3 is 10.1 Å². The molecule has 0 aliphatic heterocycles. The molecule has 0 aliphatic carbocycles. The molecule has 1 amide bonds. The van der Waals surface area contributed by atoms with Gasteiger partial charge in [-0.3, -0.25) is 4.79 Å². The van der Waals surface area contributed by atoms with Crippen LogP contribution in [-0.2, 0) is 9.53 Å². The molecule has 0 saturated heterocycles. The van der Waals surface area contributed by atoms with Crippen LogP contribution in [0.1, 0.15) is 35.7 Å². The first-order valence-corrected chi connectivity index (χ1v) is 7.38. The Balaban J connectivity index is 1.89. The summed E-state index contributed by atoms with van der Waals surface area (Å²) in [4.78, 5) is 23.5. The molecular weight excluding hydrogens is 316 g/mol. The highest BCUT2D eigenvalue weighted by Gasteiger charge is 2.13. The summed E-state index contributed by atoms with van der Waals surface area (Å²) in [6, 6.07) is 9.60. The monoisotopic (exact) mass is 333 g/mol. The van der Waals surface area contributed by atoms with E-state index in [1.54, 1.807) is 12.1 Å². The van der Waals surface area contributed by atoms with Crippen molar-refractivity contribution < 1.29 is 23.1 Å². The molecule has 2 aromatic rings. The van der Waals surface area contributed by atoms with Gasteiger partial charge in [0.25, 0.3) is 5.91 Å². The van der Waals surface area contributed by atoms with E-state index < -0.39 is 30.1 Å². The summed E-state index contributed by atoms with van der Waals surface area (Å²) in [6.07, 6.45) is 0. The molecule has 0 atom stereocenters. The molecule has 0 bridgehead atoms. The summed E-state index contributed by atoms with van der Waals surface area (Å²) >= 11 is 0. The van der Waals surface area contributed by atoms with E-state index in [0.29, 0.717) is 17.7 Å². The third kappa shape index (κ3) is 4.87. The number of carbonyl (C=O) groups excluding carboxylic acids is 2. The van der Waals surface area contributed by atoms with Crippen molar-refractivity contribution in [2.75, 3.05) is 11.9 Å². The van der Waals surface area contributed by atoms with Gasteiger partial charge in [-0.05, 0) is 35.7 Å². The number of ether oxygens (including phenoxy) is 1. The van der Waals surface area contributed by atoms with Crippen LogP contribution in [0.4, 0.5) is 14.5 Å². The Kier molecular flexibility index (Phi) is 5.63. The van der Waals surface area contributed by atoms with Crippen LogP contribution in [0.25, 0.3) is 0 Å². The van der Waals surface area contributed by atoms with Crippen LogP contribution in [0.2, 0.25) is 0 Å². The number of carbonyl (C=O) groups is 2. The van der Waals surface area contributed by atoms with Crippen LogP contribution in [-0.4, -0.2) is 18.5 Å². The fraction of sp³-hybridized carbons (Fsp3) is 0.222. The van der Waals surface area contributed by atoms with Crippen LogP contribution >= 0.6 is 0 Å². The number of hydrogen-bond donors (Lipinski definition) is 1. The molecule has 0 fully saturated rings. The molecule has 126 valence electrons. The molecule has 24 heavy (non-hydrogen) atoms. The van der Waals surface area contributed by atoms with Gasteiger partial charge in [-0.25, -0.2) is 13.6 Å². The second kappa shape index (κ2) is 7.68. The topological polar surface area (TPSA) is 55.4 Å². The van der Waals surface area contributed by atoms with Gasteiger partial charge in [0.2, 0.25) is 0 Å². The largest absolute Gasteiger partial charge is 0.452 e. The highest BCUT2D eigenvalue weighted by Crippen LogP contribution is 2.17. The van der Waals surface area contributed by atoms with E-state index in [2.05, 4.69) is 19.2 Å². The number of halogens is 2. The van der Waals surface area contributed by atoms with Crippen molar-refractivity contribution in [1.29, 1.82) is 0 Å². The summed E-state index contributed by atoms with van der Waals surface area (Å²) in [5.41, 5.74) is 1.41. The van der Waals surface area contributed by atoms with Crippen molar-refractivity contribution in [3.05, 3.63) is 65.2 Å². The molecule has 1 N–H and O–H groups in total. The van der Waals surface area contributed by atoms with Crippen molar-refractivity contribution >= 4 is 17.6 Å². The molecule has 6 heteroatoms. The number of nitrogens with one attached hydrogen (secondary N) is 1. The minimum absolute atomic E-state index is 0.290. The van der Waals surface area contributed by atoms with Crippen molar-refractivity contribution in [2.45, 2.75) is 19.8 Å². The van der Waals surface area contributed by atoms with Gasteiger partial charge in [0.1, 0.15) is 11.6 Å². The quantitative estimate of drug-likeness (QED) is 0.845. The van der Waals surface area contributed by atoms with Gasteiger partial charge in [-0.15, -0.1) is 0 Å². The van der Waals surface area contributed by atoms with Crippen molar-refractivity contribution in [3.8, 4) is 0 Å². The average molecular weight is 333 g/mol. The fourth-order valence-corrected chi connectivity index (χ4v) is 2.03. The minimum Gasteiger partial charge on any atom is -0.452 e. The van der Waals surface area contributed by atoms with Gasteiger partial charge in [0, 0.05) is 11.8 Å². The van der Waals surface area contributed by atoms with E-state index in [4.69, 9.17) is 4.74 Å². The highest BCUT2D eigenvalue weighted by atomic mass is 19.1. The normalized spacial score (nSPS) is 10.5. The number of amides is 1.